The minimum atomic E-state index is -0.869. The maximum Gasteiger partial charge on any atom is 0.408 e. The van der Waals surface area contributed by atoms with E-state index in [2.05, 4.69) is 10.6 Å². The van der Waals surface area contributed by atoms with E-state index in [1.165, 1.54) is 0 Å². The van der Waals surface area contributed by atoms with E-state index in [-0.39, 0.29) is 23.8 Å². The van der Waals surface area contributed by atoms with Gasteiger partial charge in [0, 0.05) is 11.7 Å². The number of methoxy groups -OCH3 is 1. The predicted octanol–water partition coefficient (Wildman–Crippen LogP) is 5.70. The van der Waals surface area contributed by atoms with Gasteiger partial charge < -0.3 is 25.0 Å². The number of rotatable bonds is 10. The van der Waals surface area contributed by atoms with E-state index in [9.17, 15) is 14.4 Å². The summed E-state index contributed by atoms with van der Waals surface area (Å²) < 4.78 is 10.7. The summed E-state index contributed by atoms with van der Waals surface area (Å²) in [6, 6.07) is 14.6. The summed E-state index contributed by atoms with van der Waals surface area (Å²) in [6.45, 7) is 9.33. The van der Waals surface area contributed by atoms with Gasteiger partial charge in [0.2, 0.25) is 5.91 Å². The Hall–Kier alpha value is -3.55. The highest BCUT2D eigenvalue weighted by atomic mass is 16.6. The number of amides is 3. The van der Waals surface area contributed by atoms with Gasteiger partial charge in [-0.1, -0.05) is 44.2 Å². The molecular formula is C30H41N3O5. The Labute approximate surface area is 226 Å². The van der Waals surface area contributed by atoms with Crippen LogP contribution in [0.3, 0.4) is 0 Å². The van der Waals surface area contributed by atoms with Gasteiger partial charge in [0.15, 0.2) is 0 Å². The lowest BCUT2D eigenvalue weighted by Gasteiger charge is -2.43. The molecule has 3 rings (SSSR count). The summed E-state index contributed by atoms with van der Waals surface area (Å²) in [4.78, 5) is 42.5. The van der Waals surface area contributed by atoms with Crippen molar-refractivity contribution in [2.75, 3.05) is 12.4 Å². The second-order valence-corrected chi connectivity index (χ2v) is 11.2. The SMILES string of the molecule is COc1ccc(NC(=O)C(c2ccccc2)N(C(=O)C(CC(C)C)NC(=O)OC(C)(C)C)C2CCC2)cc1. The minimum Gasteiger partial charge on any atom is -0.497 e. The van der Waals surface area contributed by atoms with Gasteiger partial charge in [-0.25, -0.2) is 4.79 Å². The van der Waals surface area contributed by atoms with E-state index in [0.717, 1.165) is 19.3 Å². The number of nitrogens with one attached hydrogen (secondary N) is 2. The average Bonchev–Trinajstić information content (AvgIpc) is 2.81. The molecule has 2 aromatic rings. The first-order valence-electron chi connectivity index (χ1n) is 13.3. The molecule has 3 amide bonds. The van der Waals surface area contributed by atoms with E-state index >= 15 is 0 Å². The zero-order valence-electron chi connectivity index (χ0n) is 23.3. The zero-order chi connectivity index (χ0) is 27.9. The molecule has 2 atom stereocenters. The molecule has 0 saturated heterocycles. The number of hydrogen-bond acceptors (Lipinski definition) is 5. The molecule has 0 aromatic heterocycles. The third-order valence-electron chi connectivity index (χ3n) is 6.42. The number of carbonyl (C=O) groups excluding carboxylic acids is 3. The molecule has 206 valence electrons. The van der Waals surface area contributed by atoms with Crippen LogP contribution < -0.4 is 15.4 Å². The predicted molar refractivity (Wildman–Crippen MR) is 148 cm³/mol. The Morgan fingerprint density at radius 3 is 2.13 bits per heavy atom. The molecule has 2 unspecified atom stereocenters. The standard InChI is InChI=1S/C30H41N3O5/c1-20(2)19-25(32-29(36)38-30(3,4)5)28(35)33(23-13-10-14-23)26(21-11-8-7-9-12-21)27(34)31-22-15-17-24(37-6)18-16-22/h7-9,11-12,15-18,20,23,25-26H,10,13-14,19H2,1-6H3,(H,31,34)(H,32,36). The molecule has 2 N–H and O–H groups in total. The Morgan fingerprint density at radius 1 is 1.00 bits per heavy atom. The topological polar surface area (TPSA) is 97.0 Å². The Kier molecular flexibility index (Phi) is 9.78. The summed E-state index contributed by atoms with van der Waals surface area (Å²) in [5.41, 5.74) is 0.608. The Morgan fingerprint density at radius 2 is 1.63 bits per heavy atom. The average molecular weight is 524 g/mol. The van der Waals surface area contributed by atoms with E-state index in [4.69, 9.17) is 9.47 Å². The first kappa shape index (κ1) is 29.0. The van der Waals surface area contributed by atoms with Crippen molar-refractivity contribution in [2.45, 2.75) is 84.0 Å². The van der Waals surface area contributed by atoms with Gasteiger partial charge in [0.25, 0.3) is 5.91 Å². The van der Waals surface area contributed by atoms with Crippen LogP contribution in [0.2, 0.25) is 0 Å². The van der Waals surface area contributed by atoms with Crippen LogP contribution in [0.1, 0.15) is 71.9 Å². The van der Waals surface area contributed by atoms with Gasteiger partial charge in [-0.05, 0) is 82.2 Å². The van der Waals surface area contributed by atoms with Crippen molar-refractivity contribution in [1.29, 1.82) is 0 Å². The molecule has 0 aliphatic heterocycles. The third kappa shape index (κ3) is 7.97. The lowest BCUT2D eigenvalue weighted by Crippen LogP contribution is -2.57. The number of carbonyl (C=O) groups is 3. The van der Waals surface area contributed by atoms with Crippen molar-refractivity contribution in [3.05, 3.63) is 60.2 Å². The number of anilines is 1. The van der Waals surface area contributed by atoms with Crippen LogP contribution in [-0.2, 0) is 14.3 Å². The fourth-order valence-corrected chi connectivity index (χ4v) is 4.46. The number of hydrogen-bond donors (Lipinski definition) is 2. The maximum absolute atomic E-state index is 14.2. The molecule has 0 radical (unpaired) electrons. The van der Waals surface area contributed by atoms with Crippen LogP contribution in [-0.4, -0.2) is 47.6 Å². The summed E-state index contributed by atoms with van der Waals surface area (Å²) in [7, 11) is 1.58. The van der Waals surface area contributed by atoms with Crippen molar-refractivity contribution in [3.63, 3.8) is 0 Å². The number of ether oxygens (including phenoxy) is 2. The highest BCUT2D eigenvalue weighted by molar-refractivity contribution is 5.99. The highest BCUT2D eigenvalue weighted by Gasteiger charge is 2.42. The van der Waals surface area contributed by atoms with Crippen LogP contribution in [0.5, 0.6) is 5.75 Å². The van der Waals surface area contributed by atoms with Crippen molar-refractivity contribution < 1.29 is 23.9 Å². The zero-order valence-corrected chi connectivity index (χ0v) is 23.3. The van der Waals surface area contributed by atoms with E-state index < -0.39 is 23.8 Å². The first-order chi connectivity index (χ1) is 18.0. The molecule has 0 spiro atoms. The van der Waals surface area contributed by atoms with Gasteiger partial charge in [0.05, 0.1) is 7.11 Å². The number of nitrogens with zero attached hydrogens (tertiary/aromatic N) is 1. The van der Waals surface area contributed by atoms with E-state index in [1.807, 2.05) is 44.2 Å². The van der Waals surface area contributed by atoms with Crippen LogP contribution in [0, 0.1) is 5.92 Å². The third-order valence-corrected chi connectivity index (χ3v) is 6.42. The Balaban J connectivity index is 1.97. The summed E-state index contributed by atoms with van der Waals surface area (Å²) >= 11 is 0. The largest absolute Gasteiger partial charge is 0.497 e. The summed E-state index contributed by atoms with van der Waals surface area (Å²) in [5.74, 6) is 0.208. The number of alkyl carbamates (subject to hydrolysis) is 1. The van der Waals surface area contributed by atoms with Gasteiger partial charge in [0.1, 0.15) is 23.4 Å². The van der Waals surface area contributed by atoms with Gasteiger partial charge in [-0.3, -0.25) is 9.59 Å². The molecule has 38 heavy (non-hydrogen) atoms. The first-order valence-corrected chi connectivity index (χ1v) is 13.3. The van der Waals surface area contributed by atoms with E-state index in [0.29, 0.717) is 23.4 Å². The van der Waals surface area contributed by atoms with Crippen LogP contribution in [0.25, 0.3) is 0 Å². The van der Waals surface area contributed by atoms with Crippen LogP contribution in [0.15, 0.2) is 54.6 Å². The molecule has 1 fully saturated rings. The van der Waals surface area contributed by atoms with Crippen molar-refractivity contribution >= 4 is 23.6 Å². The molecule has 0 heterocycles. The second-order valence-electron chi connectivity index (χ2n) is 11.2. The summed E-state index contributed by atoms with van der Waals surface area (Å²) in [5, 5.41) is 5.78. The quantitative estimate of drug-likeness (QED) is 0.417. The van der Waals surface area contributed by atoms with Crippen LogP contribution >= 0.6 is 0 Å². The number of benzene rings is 2. The van der Waals surface area contributed by atoms with E-state index in [1.54, 1.807) is 57.0 Å². The smallest absolute Gasteiger partial charge is 0.408 e. The van der Waals surface area contributed by atoms with Crippen molar-refractivity contribution in [2.24, 2.45) is 5.92 Å². The monoisotopic (exact) mass is 523 g/mol. The fourth-order valence-electron chi connectivity index (χ4n) is 4.46. The maximum atomic E-state index is 14.2. The minimum absolute atomic E-state index is 0.107. The summed E-state index contributed by atoms with van der Waals surface area (Å²) in [6.07, 6.45) is 2.34. The fraction of sp³-hybridized carbons (Fsp3) is 0.500. The molecule has 2 aromatic carbocycles. The second kappa shape index (κ2) is 12.8. The van der Waals surface area contributed by atoms with Crippen LogP contribution in [0.4, 0.5) is 10.5 Å². The highest BCUT2D eigenvalue weighted by Crippen LogP contribution is 2.35. The lowest BCUT2D eigenvalue weighted by atomic mass is 9.87. The van der Waals surface area contributed by atoms with Crippen molar-refractivity contribution in [3.8, 4) is 5.75 Å². The Bertz CT molecular complexity index is 1080. The molecule has 1 aliphatic carbocycles. The van der Waals surface area contributed by atoms with Gasteiger partial charge in [-0.15, -0.1) is 0 Å². The molecule has 0 bridgehead atoms. The molecule has 8 heteroatoms. The molecule has 1 saturated carbocycles. The normalized spacial score (nSPS) is 15.1. The van der Waals surface area contributed by atoms with Gasteiger partial charge in [-0.2, -0.15) is 0 Å². The molecule has 1 aliphatic rings. The lowest BCUT2D eigenvalue weighted by molar-refractivity contribution is -0.146. The molecular weight excluding hydrogens is 482 g/mol. The van der Waals surface area contributed by atoms with Gasteiger partial charge >= 0.3 is 6.09 Å². The van der Waals surface area contributed by atoms with Crippen molar-refractivity contribution in [1.82, 2.24) is 10.2 Å². The molecule has 8 nitrogen and oxygen atoms in total.